The summed E-state index contributed by atoms with van der Waals surface area (Å²) in [6.45, 7) is 4.25. The SMILES string of the molecule is CN=C(NCCc1c[nH]c2cc(F)ccc12)NCC1CCN(C2CC2)C1.I. The van der Waals surface area contributed by atoms with Gasteiger partial charge in [0.15, 0.2) is 5.96 Å². The van der Waals surface area contributed by atoms with Crippen LogP contribution in [0.2, 0.25) is 0 Å². The van der Waals surface area contributed by atoms with Gasteiger partial charge in [-0.25, -0.2) is 4.39 Å². The predicted octanol–water partition coefficient (Wildman–Crippen LogP) is 3.12. The highest BCUT2D eigenvalue weighted by Crippen LogP contribution is 2.31. The van der Waals surface area contributed by atoms with E-state index in [1.807, 2.05) is 19.3 Å². The number of hydrogen-bond donors (Lipinski definition) is 3. The first-order chi connectivity index (χ1) is 12.7. The van der Waals surface area contributed by atoms with Crippen molar-refractivity contribution >= 4 is 40.8 Å². The van der Waals surface area contributed by atoms with Crippen LogP contribution in [-0.2, 0) is 6.42 Å². The topological polar surface area (TPSA) is 55.5 Å². The number of nitrogens with zero attached hydrogens (tertiary/aromatic N) is 2. The Labute approximate surface area is 177 Å². The monoisotopic (exact) mass is 485 g/mol. The number of H-pyrrole nitrogens is 1. The summed E-state index contributed by atoms with van der Waals surface area (Å²) in [6, 6.07) is 5.77. The average molecular weight is 485 g/mol. The molecule has 148 valence electrons. The van der Waals surface area contributed by atoms with Crippen LogP contribution in [0.5, 0.6) is 0 Å². The van der Waals surface area contributed by atoms with Gasteiger partial charge in [-0.2, -0.15) is 0 Å². The van der Waals surface area contributed by atoms with Crippen LogP contribution in [0.3, 0.4) is 0 Å². The fourth-order valence-corrected chi connectivity index (χ4v) is 3.94. The Morgan fingerprint density at radius 2 is 2.15 bits per heavy atom. The normalized spacial score (nSPS) is 20.7. The molecule has 1 aromatic heterocycles. The van der Waals surface area contributed by atoms with Crippen LogP contribution in [0.15, 0.2) is 29.4 Å². The van der Waals surface area contributed by atoms with E-state index in [9.17, 15) is 4.39 Å². The molecule has 1 aliphatic carbocycles. The Bertz CT molecular complexity index is 786. The van der Waals surface area contributed by atoms with E-state index in [2.05, 4.69) is 25.5 Å². The minimum absolute atomic E-state index is 0. The molecular formula is C20H29FIN5. The number of guanidine groups is 1. The van der Waals surface area contributed by atoms with Crippen molar-refractivity contribution in [2.75, 3.05) is 33.2 Å². The Balaban J connectivity index is 0.00000210. The van der Waals surface area contributed by atoms with E-state index in [1.165, 1.54) is 44.0 Å². The van der Waals surface area contributed by atoms with Crippen molar-refractivity contribution in [3.8, 4) is 0 Å². The average Bonchev–Trinajstić information content (AvgIpc) is 3.26. The van der Waals surface area contributed by atoms with Gasteiger partial charge in [-0.1, -0.05) is 0 Å². The van der Waals surface area contributed by atoms with Crippen LogP contribution in [0.25, 0.3) is 10.9 Å². The van der Waals surface area contributed by atoms with Gasteiger partial charge >= 0.3 is 0 Å². The minimum Gasteiger partial charge on any atom is -0.361 e. The van der Waals surface area contributed by atoms with Crippen LogP contribution in [0, 0.1) is 11.7 Å². The van der Waals surface area contributed by atoms with Crippen molar-refractivity contribution in [1.29, 1.82) is 0 Å². The molecule has 2 fully saturated rings. The minimum atomic E-state index is -0.208. The molecule has 1 saturated heterocycles. The summed E-state index contributed by atoms with van der Waals surface area (Å²) in [5, 5.41) is 7.95. The largest absolute Gasteiger partial charge is 0.361 e. The maximum atomic E-state index is 13.3. The molecule has 2 aromatic rings. The third-order valence-electron chi connectivity index (χ3n) is 5.58. The number of halogens is 2. The number of likely N-dealkylation sites (tertiary alicyclic amines) is 1. The maximum absolute atomic E-state index is 13.3. The first-order valence-corrected chi connectivity index (χ1v) is 9.67. The van der Waals surface area contributed by atoms with E-state index >= 15 is 0 Å². The second kappa shape index (κ2) is 9.23. The zero-order valence-corrected chi connectivity index (χ0v) is 18.1. The molecule has 1 aromatic carbocycles. The Kier molecular flexibility index (Phi) is 6.97. The smallest absolute Gasteiger partial charge is 0.190 e. The molecule has 0 radical (unpaired) electrons. The van der Waals surface area contributed by atoms with Crippen molar-refractivity contribution in [2.24, 2.45) is 10.9 Å². The number of nitrogens with one attached hydrogen (secondary N) is 3. The third-order valence-corrected chi connectivity index (χ3v) is 5.58. The van der Waals surface area contributed by atoms with E-state index in [-0.39, 0.29) is 29.8 Å². The molecule has 2 heterocycles. The summed E-state index contributed by atoms with van der Waals surface area (Å²) in [7, 11) is 1.81. The molecular weight excluding hydrogens is 456 g/mol. The maximum Gasteiger partial charge on any atom is 0.190 e. The lowest BCUT2D eigenvalue weighted by Gasteiger charge is -2.17. The van der Waals surface area contributed by atoms with Crippen molar-refractivity contribution in [3.63, 3.8) is 0 Å². The molecule has 0 bridgehead atoms. The first-order valence-electron chi connectivity index (χ1n) is 9.67. The number of fused-ring (bicyclic) bond motifs is 1. The fourth-order valence-electron chi connectivity index (χ4n) is 3.94. The predicted molar refractivity (Wildman–Crippen MR) is 119 cm³/mol. The van der Waals surface area contributed by atoms with Crippen molar-refractivity contribution < 1.29 is 4.39 Å². The molecule has 2 aliphatic rings. The van der Waals surface area contributed by atoms with Gasteiger partial charge in [-0.3, -0.25) is 4.99 Å². The summed E-state index contributed by atoms with van der Waals surface area (Å²) < 4.78 is 13.3. The molecule has 5 nitrogen and oxygen atoms in total. The van der Waals surface area contributed by atoms with Crippen molar-refractivity contribution in [1.82, 2.24) is 20.5 Å². The van der Waals surface area contributed by atoms with E-state index in [4.69, 9.17) is 0 Å². The van der Waals surface area contributed by atoms with E-state index in [0.29, 0.717) is 0 Å². The van der Waals surface area contributed by atoms with Crippen LogP contribution in [0.1, 0.15) is 24.8 Å². The second-order valence-corrected chi connectivity index (χ2v) is 7.51. The molecule has 1 atom stereocenters. The summed E-state index contributed by atoms with van der Waals surface area (Å²) in [5.41, 5.74) is 2.04. The van der Waals surface area contributed by atoms with Crippen LogP contribution in [0.4, 0.5) is 4.39 Å². The molecule has 1 unspecified atom stereocenters. The first kappa shape index (κ1) is 20.4. The van der Waals surface area contributed by atoms with Gasteiger partial charge < -0.3 is 20.5 Å². The Morgan fingerprint density at radius 1 is 1.30 bits per heavy atom. The lowest BCUT2D eigenvalue weighted by atomic mass is 10.1. The number of rotatable bonds is 6. The van der Waals surface area contributed by atoms with Gasteiger partial charge in [0, 0.05) is 49.8 Å². The van der Waals surface area contributed by atoms with Gasteiger partial charge in [-0.05, 0) is 61.9 Å². The Hall–Kier alpha value is -1.35. The standard InChI is InChI=1S/C20H28FN5.HI/c1-22-20(25-11-14-7-9-26(13-14)17-3-4-17)23-8-6-15-12-24-19-10-16(21)2-5-18(15)19;/h2,5,10,12,14,17,24H,3-4,6-9,11,13H2,1H3,(H2,22,23,25);1H. The van der Waals surface area contributed by atoms with E-state index in [1.54, 1.807) is 6.07 Å². The molecule has 27 heavy (non-hydrogen) atoms. The molecule has 4 rings (SSSR count). The van der Waals surface area contributed by atoms with Crippen molar-refractivity contribution in [2.45, 2.75) is 31.7 Å². The van der Waals surface area contributed by atoms with Crippen LogP contribution < -0.4 is 10.6 Å². The highest BCUT2D eigenvalue weighted by atomic mass is 127. The Morgan fingerprint density at radius 3 is 2.93 bits per heavy atom. The van der Waals surface area contributed by atoms with Gasteiger partial charge in [0.25, 0.3) is 0 Å². The second-order valence-electron chi connectivity index (χ2n) is 7.51. The molecule has 1 saturated carbocycles. The van der Waals surface area contributed by atoms with Gasteiger partial charge in [-0.15, -0.1) is 24.0 Å². The zero-order chi connectivity index (χ0) is 17.9. The van der Waals surface area contributed by atoms with E-state index < -0.39 is 0 Å². The summed E-state index contributed by atoms with van der Waals surface area (Å²) >= 11 is 0. The van der Waals surface area contributed by atoms with Gasteiger partial charge in [0.1, 0.15) is 5.82 Å². The number of aliphatic imine (C=N–C) groups is 1. The van der Waals surface area contributed by atoms with Crippen molar-refractivity contribution in [3.05, 3.63) is 35.8 Å². The lowest BCUT2D eigenvalue weighted by Crippen LogP contribution is -2.41. The van der Waals surface area contributed by atoms with Crippen LogP contribution >= 0.6 is 24.0 Å². The summed E-state index contributed by atoms with van der Waals surface area (Å²) in [6.07, 6.45) is 6.90. The number of aromatic nitrogens is 1. The van der Waals surface area contributed by atoms with Gasteiger partial charge in [0.2, 0.25) is 0 Å². The molecule has 0 spiro atoms. The zero-order valence-electron chi connectivity index (χ0n) is 15.8. The third kappa shape index (κ3) is 5.13. The van der Waals surface area contributed by atoms with Crippen LogP contribution in [-0.4, -0.2) is 55.1 Å². The molecule has 0 amide bonds. The van der Waals surface area contributed by atoms with E-state index in [0.717, 1.165) is 48.3 Å². The fraction of sp³-hybridized carbons (Fsp3) is 0.550. The lowest BCUT2D eigenvalue weighted by molar-refractivity contribution is 0.314. The highest BCUT2D eigenvalue weighted by molar-refractivity contribution is 14.0. The summed E-state index contributed by atoms with van der Waals surface area (Å²) in [4.78, 5) is 10.1. The quantitative estimate of drug-likeness (QED) is 0.335. The highest BCUT2D eigenvalue weighted by Gasteiger charge is 2.34. The van der Waals surface area contributed by atoms with Gasteiger partial charge in [0.05, 0.1) is 0 Å². The molecule has 3 N–H and O–H groups in total. The number of aromatic amines is 1. The number of hydrogen-bond acceptors (Lipinski definition) is 2. The number of benzene rings is 1. The summed E-state index contributed by atoms with van der Waals surface area (Å²) in [5.74, 6) is 1.37. The molecule has 1 aliphatic heterocycles. The molecule has 7 heteroatoms.